The number of anilines is 1. The van der Waals surface area contributed by atoms with E-state index in [1.807, 2.05) is 12.5 Å². The van der Waals surface area contributed by atoms with Gasteiger partial charge in [0.2, 0.25) is 0 Å². The van der Waals surface area contributed by atoms with Gasteiger partial charge in [0.25, 0.3) is 0 Å². The standard InChI is InChI=1S/C14H21N5/c1-3-7-18-9-16-8-11(18)13-14(15)19-10(2)5-4-6-12(19)17-13/h8-10H,3-7,15H2,1-2H3. The molecule has 0 radical (unpaired) electrons. The molecule has 1 unspecified atom stereocenters. The largest absolute Gasteiger partial charge is 0.383 e. The van der Waals surface area contributed by atoms with Crippen LogP contribution < -0.4 is 5.73 Å². The lowest BCUT2D eigenvalue weighted by atomic mass is 10.1. The first-order valence-electron chi connectivity index (χ1n) is 7.09. The van der Waals surface area contributed by atoms with Crippen LogP contribution in [-0.4, -0.2) is 19.1 Å². The van der Waals surface area contributed by atoms with Gasteiger partial charge in [-0.1, -0.05) is 6.92 Å². The molecular formula is C14H21N5. The maximum atomic E-state index is 6.33. The summed E-state index contributed by atoms with van der Waals surface area (Å²) >= 11 is 0. The van der Waals surface area contributed by atoms with Crippen molar-refractivity contribution in [1.82, 2.24) is 19.1 Å². The first-order valence-corrected chi connectivity index (χ1v) is 7.09. The topological polar surface area (TPSA) is 61.7 Å². The molecule has 5 nitrogen and oxygen atoms in total. The van der Waals surface area contributed by atoms with E-state index in [1.165, 1.54) is 12.8 Å². The van der Waals surface area contributed by atoms with Crippen LogP contribution in [0.15, 0.2) is 12.5 Å². The predicted octanol–water partition coefficient (Wildman–Crippen LogP) is 2.64. The zero-order valence-electron chi connectivity index (χ0n) is 11.6. The summed E-state index contributed by atoms with van der Waals surface area (Å²) in [4.78, 5) is 9.00. The Morgan fingerprint density at radius 2 is 2.32 bits per heavy atom. The molecule has 0 spiro atoms. The molecule has 0 aromatic carbocycles. The summed E-state index contributed by atoms with van der Waals surface area (Å²) < 4.78 is 4.33. The van der Waals surface area contributed by atoms with Crippen LogP contribution >= 0.6 is 0 Å². The number of aromatic nitrogens is 4. The van der Waals surface area contributed by atoms with Crippen molar-refractivity contribution in [2.75, 3.05) is 5.73 Å². The third-order valence-corrected chi connectivity index (χ3v) is 3.90. The number of nitrogens with two attached hydrogens (primary N) is 1. The van der Waals surface area contributed by atoms with Gasteiger partial charge in [0.05, 0.1) is 18.2 Å². The molecule has 0 fully saturated rings. The van der Waals surface area contributed by atoms with Gasteiger partial charge >= 0.3 is 0 Å². The molecule has 3 rings (SSSR count). The summed E-state index contributed by atoms with van der Waals surface area (Å²) in [5, 5.41) is 0. The third-order valence-electron chi connectivity index (χ3n) is 3.90. The van der Waals surface area contributed by atoms with E-state index in [0.29, 0.717) is 6.04 Å². The van der Waals surface area contributed by atoms with Crippen molar-refractivity contribution in [3.63, 3.8) is 0 Å². The maximum Gasteiger partial charge on any atom is 0.133 e. The minimum atomic E-state index is 0.451. The van der Waals surface area contributed by atoms with Gasteiger partial charge in [-0.15, -0.1) is 0 Å². The fraction of sp³-hybridized carbons (Fsp3) is 0.571. The lowest BCUT2D eigenvalue weighted by Crippen LogP contribution is -2.17. The second-order valence-electron chi connectivity index (χ2n) is 5.35. The highest BCUT2D eigenvalue weighted by Crippen LogP contribution is 2.34. The fourth-order valence-electron chi connectivity index (χ4n) is 2.97. The van der Waals surface area contributed by atoms with Crippen LogP contribution in [0.1, 0.15) is 45.0 Å². The average Bonchev–Trinajstić information content (AvgIpc) is 2.96. The third kappa shape index (κ3) is 1.93. The molecular weight excluding hydrogens is 238 g/mol. The normalized spacial score (nSPS) is 18.5. The molecule has 0 bridgehead atoms. The van der Waals surface area contributed by atoms with Crippen molar-refractivity contribution in [2.24, 2.45) is 0 Å². The summed E-state index contributed by atoms with van der Waals surface area (Å²) in [6.07, 6.45) is 8.21. The quantitative estimate of drug-likeness (QED) is 0.921. The Bertz CT molecular complexity index is 581. The summed E-state index contributed by atoms with van der Waals surface area (Å²) in [5.41, 5.74) is 8.26. The fourth-order valence-corrected chi connectivity index (χ4v) is 2.97. The molecule has 2 aromatic heterocycles. The molecule has 3 heterocycles. The zero-order chi connectivity index (χ0) is 13.4. The first kappa shape index (κ1) is 12.3. The van der Waals surface area contributed by atoms with E-state index in [-0.39, 0.29) is 0 Å². The van der Waals surface area contributed by atoms with Crippen molar-refractivity contribution in [2.45, 2.75) is 52.1 Å². The van der Waals surface area contributed by atoms with Gasteiger partial charge in [0.1, 0.15) is 17.3 Å². The molecule has 0 amide bonds. The predicted molar refractivity (Wildman–Crippen MR) is 75.8 cm³/mol. The minimum Gasteiger partial charge on any atom is -0.383 e. The monoisotopic (exact) mass is 259 g/mol. The number of rotatable bonds is 3. The Labute approximate surface area is 113 Å². The molecule has 2 N–H and O–H groups in total. The number of imidazole rings is 2. The number of hydrogen-bond acceptors (Lipinski definition) is 3. The smallest absolute Gasteiger partial charge is 0.133 e. The minimum absolute atomic E-state index is 0.451. The highest BCUT2D eigenvalue weighted by Gasteiger charge is 2.24. The van der Waals surface area contributed by atoms with Crippen molar-refractivity contribution in [3.8, 4) is 11.4 Å². The molecule has 0 saturated heterocycles. The van der Waals surface area contributed by atoms with Gasteiger partial charge in [0.15, 0.2) is 0 Å². The van der Waals surface area contributed by atoms with Gasteiger partial charge in [0, 0.05) is 19.0 Å². The van der Waals surface area contributed by atoms with Crippen LogP contribution in [0.2, 0.25) is 0 Å². The van der Waals surface area contributed by atoms with E-state index in [2.05, 4.69) is 28.0 Å². The van der Waals surface area contributed by atoms with Crippen molar-refractivity contribution in [3.05, 3.63) is 18.3 Å². The molecule has 19 heavy (non-hydrogen) atoms. The van der Waals surface area contributed by atoms with Crippen LogP contribution in [0.5, 0.6) is 0 Å². The Morgan fingerprint density at radius 1 is 1.47 bits per heavy atom. The molecule has 1 aliphatic rings. The van der Waals surface area contributed by atoms with Crippen molar-refractivity contribution >= 4 is 5.82 Å². The van der Waals surface area contributed by atoms with Crippen molar-refractivity contribution < 1.29 is 0 Å². The molecule has 0 saturated carbocycles. The Hall–Kier alpha value is -1.78. The van der Waals surface area contributed by atoms with E-state index in [1.54, 1.807) is 0 Å². The maximum absolute atomic E-state index is 6.33. The van der Waals surface area contributed by atoms with Crippen LogP contribution in [0.4, 0.5) is 5.82 Å². The number of fused-ring (bicyclic) bond motifs is 1. The van der Waals surface area contributed by atoms with Gasteiger partial charge in [-0.2, -0.15) is 0 Å². The van der Waals surface area contributed by atoms with Crippen molar-refractivity contribution in [1.29, 1.82) is 0 Å². The molecule has 1 aliphatic heterocycles. The van der Waals surface area contributed by atoms with Crippen LogP contribution in [0.25, 0.3) is 11.4 Å². The second-order valence-corrected chi connectivity index (χ2v) is 5.35. The number of hydrogen-bond donors (Lipinski definition) is 1. The van der Waals surface area contributed by atoms with Gasteiger partial charge in [-0.25, -0.2) is 9.97 Å². The number of nitrogen functional groups attached to an aromatic ring is 1. The summed E-state index contributed by atoms with van der Waals surface area (Å²) in [5.74, 6) is 1.91. The average molecular weight is 259 g/mol. The van der Waals surface area contributed by atoms with Crippen LogP contribution in [0.3, 0.4) is 0 Å². The summed E-state index contributed by atoms with van der Waals surface area (Å²) in [6, 6.07) is 0.451. The molecule has 2 aromatic rings. The van der Waals surface area contributed by atoms with Gasteiger partial charge in [-0.3, -0.25) is 0 Å². The van der Waals surface area contributed by atoms with E-state index < -0.39 is 0 Å². The van der Waals surface area contributed by atoms with E-state index >= 15 is 0 Å². The van der Waals surface area contributed by atoms with Crippen LogP contribution in [0, 0.1) is 0 Å². The van der Waals surface area contributed by atoms with E-state index in [4.69, 9.17) is 10.7 Å². The van der Waals surface area contributed by atoms with Gasteiger partial charge < -0.3 is 14.9 Å². The highest BCUT2D eigenvalue weighted by molar-refractivity contribution is 5.68. The molecule has 1 atom stereocenters. The van der Waals surface area contributed by atoms with E-state index in [9.17, 15) is 0 Å². The summed E-state index contributed by atoms with van der Waals surface area (Å²) in [6.45, 7) is 5.33. The molecule has 5 heteroatoms. The molecule has 102 valence electrons. The second kappa shape index (κ2) is 4.72. The lowest BCUT2D eigenvalue weighted by Gasteiger charge is -2.22. The Balaban J connectivity index is 2.08. The Kier molecular flexibility index (Phi) is 3.05. The number of nitrogens with zero attached hydrogens (tertiary/aromatic N) is 4. The lowest BCUT2D eigenvalue weighted by molar-refractivity contribution is 0.430. The highest BCUT2D eigenvalue weighted by atomic mass is 15.2. The van der Waals surface area contributed by atoms with E-state index in [0.717, 1.165) is 42.4 Å². The summed E-state index contributed by atoms with van der Waals surface area (Å²) in [7, 11) is 0. The molecule has 0 aliphatic carbocycles. The zero-order valence-corrected chi connectivity index (χ0v) is 11.6. The van der Waals surface area contributed by atoms with Crippen LogP contribution in [-0.2, 0) is 13.0 Å². The Morgan fingerprint density at radius 3 is 3.05 bits per heavy atom. The van der Waals surface area contributed by atoms with Gasteiger partial charge in [-0.05, 0) is 26.2 Å². The first-order chi connectivity index (χ1) is 9.22. The number of aryl methyl sites for hydroxylation is 2. The SMILES string of the molecule is CCCn1cncc1-c1nc2n(c1N)C(C)CCC2.